The van der Waals surface area contributed by atoms with Gasteiger partial charge in [-0.05, 0) is 18.9 Å². The average Bonchev–Trinajstić information content (AvgIpc) is 3.40. The summed E-state index contributed by atoms with van der Waals surface area (Å²) in [6, 6.07) is 1.72. The Labute approximate surface area is 291 Å². The van der Waals surface area contributed by atoms with Gasteiger partial charge in [-0.1, -0.05) is 41.5 Å². The Balaban J connectivity index is 1.48. The Bertz CT molecular complexity index is 1610. The molecule has 4 heterocycles. The fraction of sp³-hybridized carbons (Fsp3) is 0.757. The second kappa shape index (κ2) is 11.3. The highest BCUT2D eigenvalue weighted by Gasteiger charge is 2.92. The van der Waals surface area contributed by atoms with Crippen LogP contribution in [0.15, 0.2) is 23.0 Å². The molecule has 50 heavy (non-hydrogen) atoms. The number of epoxide rings is 1. The molecule has 6 aliphatic rings. The molecule has 3 aliphatic carbocycles. The van der Waals surface area contributed by atoms with Crippen molar-refractivity contribution in [3.63, 3.8) is 0 Å². The number of rotatable bonds is 7. The molecule has 3 aliphatic heterocycles. The lowest BCUT2D eigenvalue weighted by atomic mass is 9.33. The van der Waals surface area contributed by atoms with Crippen LogP contribution in [0, 0.1) is 39.4 Å². The Morgan fingerprint density at radius 3 is 2.20 bits per heavy atom. The maximum Gasteiger partial charge on any atom is 0.339 e. The van der Waals surface area contributed by atoms with E-state index in [1.807, 2.05) is 34.6 Å². The van der Waals surface area contributed by atoms with Crippen LogP contribution in [0.5, 0.6) is 0 Å². The number of ether oxygens (including phenoxy) is 7. The Hall–Kier alpha value is -3.45. The van der Waals surface area contributed by atoms with E-state index >= 15 is 0 Å². The van der Waals surface area contributed by atoms with Gasteiger partial charge in [-0.15, -0.1) is 0 Å². The van der Waals surface area contributed by atoms with Gasteiger partial charge in [-0.25, -0.2) is 4.79 Å². The molecular weight excluding hydrogens is 652 g/mol. The first-order chi connectivity index (χ1) is 23.4. The van der Waals surface area contributed by atoms with Crippen molar-refractivity contribution in [3.8, 4) is 0 Å². The Morgan fingerprint density at radius 1 is 0.920 bits per heavy atom. The lowest BCUT2D eigenvalue weighted by Crippen LogP contribution is -2.81. The minimum Gasteiger partial charge on any atom is -0.472 e. The Kier molecular flexibility index (Phi) is 7.89. The van der Waals surface area contributed by atoms with Gasteiger partial charge in [0, 0.05) is 66.3 Å². The van der Waals surface area contributed by atoms with Crippen molar-refractivity contribution < 1.29 is 61.5 Å². The smallest absolute Gasteiger partial charge is 0.339 e. The van der Waals surface area contributed by atoms with Crippen molar-refractivity contribution >= 4 is 29.8 Å². The highest BCUT2D eigenvalue weighted by Crippen LogP contribution is 2.81. The zero-order valence-electron chi connectivity index (χ0n) is 30.1. The predicted octanol–water partition coefficient (Wildman–Crippen LogP) is 4.25. The topological polar surface area (TPSA) is 166 Å². The van der Waals surface area contributed by atoms with Crippen molar-refractivity contribution in [3.05, 3.63) is 24.2 Å². The van der Waals surface area contributed by atoms with E-state index < -0.39 is 106 Å². The third kappa shape index (κ3) is 4.34. The predicted molar refractivity (Wildman–Crippen MR) is 170 cm³/mol. The van der Waals surface area contributed by atoms with E-state index in [1.54, 1.807) is 13.0 Å². The molecule has 0 bridgehead atoms. The quantitative estimate of drug-likeness (QED) is 0.225. The van der Waals surface area contributed by atoms with E-state index in [0.29, 0.717) is 12.0 Å². The summed E-state index contributed by atoms with van der Waals surface area (Å²) in [6.45, 7) is 15.7. The number of hydrogen-bond acceptors (Lipinski definition) is 13. The van der Waals surface area contributed by atoms with Crippen molar-refractivity contribution in [1.29, 1.82) is 0 Å². The highest BCUT2D eigenvalue weighted by molar-refractivity contribution is 5.83. The van der Waals surface area contributed by atoms with Crippen molar-refractivity contribution in [1.82, 2.24) is 0 Å². The van der Waals surface area contributed by atoms with Gasteiger partial charge < -0.3 is 37.6 Å². The van der Waals surface area contributed by atoms with Gasteiger partial charge in [0.2, 0.25) is 0 Å². The van der Waals surface area contributed by atoms with Crippen LogP contribution in [0.1, 0.15) is 93.2 Å². The van der Waals surface area contributed by atoms with Gasteiger partial charge in [0.25, 0.3) is 0 Å². The van der Waals surface area contributed by atoms with E-state index in [-0.39, 0.29) is 31.3 Å². The molecule has 3 saturated carbocycles. The van der Waals surface area contributed by atoms with Crippen LogP contribution in [0.3, 0.4) is 0 Å². The number of furan rings is 1. The molecule has 0 radical (unpaired) electrons. The molecule has 0 aromatic carbocycles. The summed E-state index contributed by atoms with van der Waals surface area (Å²) < 4.78 is 50.1. The van der Waals surface area contributed by atoms with Crippen molar-refractivity contribution in [2.75, 3.05) is 6.61 Å². The third-order valence-electron chi connectivity index (χ3n) is 13.7. The van der Waals surface area contributed by atoms with Gasteiger partial charge in [0.15, 0.2) is 6.10 Å². The lowest BCUT2D eigenvalue weighted by molar-refractivity contribution is -0.326. The molecule has 15 atom stereocenters. The molecular formula is C37H48O13. The molecule has 1 aromatic rings. The van der Waals surface area contributed by atoms with Crippen molar-refractivity contribution in [2.45, 2.75) is 130 Å². The summed E-state index contributed by atoms with van der Waals surface area (Å²) in [5.74, 6) is -4.16. The van der Waals surface area contributed by atoms with Crippen LogP contribution in [0.2, 0.25) is 0 Å². The van der Waals surface area contributed by atoms with E-state index in [2.05, 4.69) is 0 Å². The van der Waals surface area contributed by atoms with Gasteiger partial charge in [0.1, 0.15) is 36.1 Å². The molecule has 3 saturated heterocycles. The van der Waals surface area contributed by atoms with Crippen LogP contribution in [-0.4, -0.2) is 78.7 Å². The molecule has 1 aromatic heterocycles. The summed E-state index contributed by atoms with van der Waals surface area (Å²) in [5.41, 5.74) is -4.86. The molecule has 13 heteroatoms. The maximum atomic E-state index is 13.8. The summed E-state index contributed by atoms with van der Waals surface area (Å²) in [5, 5.41) is 0. The highest BCUT2D eigenvalue weighted by atomic mass is 16.7. The second-order valence-corrected chi connectivity index (χ2v) is 16.4. The summed E-state index contributed by atoms with van der Waals surface area (Å²) in [4.78, 5) is 66.3. The number of carbonyl (C=O) groups excluding carboxylic acids is 5. The summed E-state index contributed by atoms with van der Waals surface area (Å²) in [6.07, 6.45) is -2.17. The number of esters is 5. The fourth-order valence-electron chi connectivity index (χ4n) is 11.8. The first kappa shape index (κ1) is 35.0. The SMILES string of the molecule is CC[C@@H](C)C(=O)O[C@@H]1C[C@H](OC(C)=O)[C@]2(C)[C@H]3[C@@H](OC(C)=O)C[C@@]4(C)[C@H](c5ccoc5)OC(=O)[C@H]5O[C@]54[C@]3(C)[C@H](OC(C)=O)[C@@H]3OC[C@@]1(C)[C@H]32. The van der Waals surface area contributed by atoms with E-state index in [9.17, 15) is 24.0 Å². The molecule has 6 fully saturated rings. The molecule has 0 N–H and O–H groups in total. The molecule has 7 rings (SSSR count). The van der Waals surface area contributed by atoms with E-state index in [1.165, 1.54) is 33.3 Å². The van der Waals surface area contributed by atoms with Gasteiger partial charge in [0.05, 0.1) is 31.2 Å². The molecule has 0 amide bonds. The first-order valence-corrected chi connectivity index (χ1v) is 17.7. The second-order valence-electron chi connectivity index (χ2n) is 16.4. The van der Waals surface area contributed by atoms with Crippen molar-refractivity contribution in [2.24, 2.45) is 39.4 Å². The first-order valence-electron chi connectivity index (χ1n) is 17.7. The van der Waals surface area contributed by atoms with Gasteiger partial charge >= 0.3 is 29.8 Å². The monoisotopic (exact) mass is 700 g/mol. The number of hydrogen-bond donors (Lipinski definition) is 0. The van der Waals surface area contributed by atoms with Crippen LogP contribution >= 0.6 is 0 Å². The largest absolute Gasteiger partial charge is 0.472 e. The molecule has 1 spiro atoms. The molecule has 0 unspecified atom stereocenters. The van der Waals surface area contributed by atoms with E-state index in [0.717, 1.165) is 0 Å². The van der Waals surface area contributed by atoms with Crippen LogP contribution < -0.4 is 0 Å². The minimum atomic E-state index is -1.30. The fourth-order valence-corrected chi connectivity index (χ4v) is 11.8. The number of carbonyl (C=O) groups is 5. The standard InChI is InChI=1S/C37H48O13/c1-10-17(2)31(41)48-23-13-24(46-19(4)39)35(8)26-22(45-18(3)38)14-34(7)28(21-11-12-43-15-21)49-32(42)30-37(34,50-30)36(26,9)29(47-20(5)40)25-27(35)33(23,6)16-44-25/h11-12,15,17,22-30H,10,13-14,16H2,1-9H3/t17-,22+,23-,24+,25-,26-,27+,28+,29-,30-,33-,34+,35-,36+,37-/m1/s1. The summed E-state index contributed by atoms with van der Waals surface area (Å²) in [7, 11) is 0. The van der Waals surface area contributed by atoms with Gasteiger partial charge in [-0.3, -0.25) is 19.2 Å². The number of fused-ring (bicyclic) bond motifs is 2. The van der Waals surface area contributed by atoms with Crippen LogP contribution in [-0.2, 0) is 57.1 Å². The average molecular weight is 701 g/mol. The van der Waals surface area contributed by atoms with Gasteiger partial charge in [-0.2, -0.15) is 0 Å². The molecule has 274 valence electrons. The third-order valence-corrected chi connectivity index (χ3v) is 13.7. The maximum absolute atomic E-state index is 13.8. The number of cyclic esters (lactones) is 1. The van der Waals surface area contributed by atoms with E-state index in [4.69, 9.17) is 37.6 Å². The molecule has 13 nitrogen and oxygen atoms in total. The van der Waals surface area contributed by atoms with Crippen LogP contribution in [0.4, 0.5) is 0 Å². The zero-order valence-corrected chi connectivity index (χ0v) is 30.1. The summed E-state index contributed by atoms with van der Waals surface area (Å²) >= 11 is 0. The normalized spacial score (nSPS) is 47.2. The lowest BCUT2D eigenvalue weighted by Gasteiger charge is -2.72. The Morgan fingerprint density at radius 2 is 1.60 bits per heavy atom. The van der Waals surface area contributed by atoms with Crippen LogP contribution in [0.25, 0.3) is 0 Å². The zero-order chi connectivity index (χ0) is 36.3. The minimum absolute atomic E-state index is 0.149.